The zero-order valence-electron chi connectivity index (χ0n) is 15.3. The number of benzene rings is 1. The molecule has 1 aromatic carbocycles. The van der Waals surface area contributed by atoms with Crippen LogP contribution in [0.1, 0.15) is 37.5 Å². The van der Waals surface area contributed by atoms with E-state index in [0.29, 0.717) is 16.7 Å². The van der Waals surface area contributed by atoms with Gasteiger partial charge in [-0.3, -0.25) is 15.0 Å². The van der Waals surface area contributed by atoms with Gasteiger partial charge in [-0.05, 0) is 42.5 Å². The Balaban J connectivity index is 3.02. The van der Waals surface area contributed by atoms with Crippen molar-refractivity contribution in [2.45, 2.75) is 40.7 Å². The minimum absolute atomic E-state index is 0.0784. The number of aryl methyl sites for hydroxylation is 2. The van der Waals surface area contributed by atoms with Crippen molar-refractivity contribution in [1.82, 2.24) is 10.6 Å². The van der Waals surface area contributed by atoms with Crippen molar-refractivity contribution in [3.05, 3.63) is 34.6 Å². The molecule has 0 spiro atoms. The van der Waals surface area contributed by atoms with E-state index in [1.54, 1.807) is 34.6 Å². The van der Waals surface area contributed by atoms with E-state index in [1.165, 1.54) is 12.1 Å². The van der Waals surface area contributed by atoms with Gasteiger partial charge in [0.15, 0.2) is 0 Å². The van der Waals surface area contributed by atoms with Gasteiger partial charge in [-0.1, -0.05) is 20.8 Å². The molecule has 1 aromatic rings. The van der Waals surface area contributed by atoms with Gasteiger partial charge in [0.05, 0.1) is 6.61 Å². The first-order chi connectivity index (χ1) is 11.5. The van der Waals surface area contributed by atoms with E-state index in [4.69, 9.17) is 10.5 Å². The summed E-state index contributed by atoms with van der Waals surface area (Å²) in [6.45, 7) is 8.40. The fraction of sp³-hybridized carbons (Fsp3) is 0.500. The van der Waals surface area contributed by atoms with Crippen molar-refractivity contribution in [3.8, 4) is 0 Å². The normalized spacial score (nSPS) is 12.4. The molecular formula is C18H26FN3O3. The van der Waals surface area contributed by atoms with Gasteiger partial charge in [-0.25, -0.2) is 4.39 Å². The number of aliphatic hydroxyl groups is 1. The van der Waals surface area contributed by atoms with Crippen LogP contribution in [0.4, 0.5) is 4.39 Å². The standard InChI is InChI=1S/C18H26FN3O3/c1-10-9-13(19)11(2)8-12(10)14(20)16(24)22-15(18(3,4)5)17(25)21-6-7-23/h8-9,15,20,23H,6-7H2,1-5H3,(H,21,25)(H,22,24). The lowest BCUT2D eigenvalue weighted by atomic mass is 9.85. The molecule has 6 nitrogen and oxygen atoms in total. The van der Waals surface area contributed by atoms with E-state index in [-0.39, 0.29) is 18.9 Å². The maximum Gasteiger partial charge on any atom is 0.270 e. The van der Waals surface area contributed by atoms with Crippen LogP contribution in [0.25, 0.3) is 0 Å². The Morgan fingerprint density at radius 3 is 2.36 bits per heavy atom. The van der Waals surface area contributed by atoms with Crippen molar-refractivity contribution in [2.75, 3.05) is 13.2 Å². The molecule has 0 radical (unpaired) electrons. The lowest BCUT2D eigenvalue weighted by molar-refractivity contribution is -0.129. The second-order valence-corrected chi connectivity index (χ2v) is 7.08. The largest absolute Gasteiger partial charge is 0.395 e. The topological polar surface area (TPSA) is 102 Å². The lowest BCUT2D eigenvalue weighted by Gasteiger charge is -2.30. The Labute approximate surface area is 147 Å². The Morgan fingerprint density at radius 2 is 1.84 bits per heavy atom. The second-order valence-electron chi connectivity index (χ2n) is 7.08. The SMILES string of the molecule is Cc1cc(C(=N)C(=O)NC(C(=O)NCCO)C(C)(C)C)c(C)cc1F. The van der Waals surface area contributed by atoms with Crippen molar-refractivity contribution < 1.29 is 19.1 Å². The minimum Gasteiger partial charge on any atom is -0.395 e. The summed E-state index contributed by atoms with van der Waals surface area (Å²) in [6, 6.07) is 1.85. The summed E-state index contributed by atoms with van der Waals surface area (Å²) in [5, 5.41) is 22.0. The molecule has 0 bridgehead atoms. The number of amides is 2. The van der Waals surface area contributed by atoms with Crippen LogP contribution in [0.15, 0.2) is 12.1 Å². The van der Waals surface area contributed by atoms with E-state index in [1.807, 2.05) is 0 Å². The fourth-order valence-corrected chi connectivity index (χ4v) is 2.33. The molecule has 0 aliphatic rings. The number of rotatable bonds is 6. The molecular weight excluding hydrogens is 325 g/mol. The molecule has 0 aromatic heterocycles. The van der Waals surface area contributed by atoms with Crippen molar-refractivity contribution in [1.29, 1.82) is 5.41 Å². The molecule has 1 unspecified atom stereocenters. The molecule has 138 valence electrons. The molecule has 0 saturated carbocycles. The van der Waals surface area contributed by atoms with Crippen LogP contribution in [0.3, 0.4) is 0 Å². The molecule has 0 aliphatic carbocycles. The fourth-order valence-electron chi connectivity index (χ4n) is 2.33. The van der Waals surface area contributed by atoms with Gasteiger partial charge in [0.1, 0.15) is 17.6 Å². The summed E-state index contributed by atoms with van der Waals surface area (Å²) >= 11 is 0. The van der Waals surface area contributed by atoms with E-state index in [0.717, 1.165) is 0 Å². The van der Waals surface area contributed by atoms with Gasteiger partial charge >= 0.3 is 0 Å². The average molecular weight is 351 g/mol. The van der Waals surface area contributed by atoms with E-state index >= 15 is 0 Å². The van der Waals surface area contributed by atoms with Crippen LogP contribution >= 0.6 is 0 Å². The number of carbonyl (C=O) groups excluding carboxylic acids is 2. The molecule has 4 N–H and O–H groups in total. The molecule has 0 aliphatic heterocycles. The molecule has 0 fully saturated rings. The first-order valence-corrected chi connectivity index (χ1v) is 8.04. The predicted octanol–water partition coefficient (Wildman–Crippen LogP) is 1.45. The Bertz CT molecular complexity index is 681. The van der Waals surface area contributed by atoms with Crippen LogP contribution in [-0.2, 0) is 9.59 Å². The summed E-state index contributed by atoms with van der Waals surface area (Å²) in [7, 11) is 0. The Morgan fingerprint density at radius 1 is 1.24 bits per heavy atom. The van der Waals surface area contributed by atoms with Crippen molar-refractivity contribution in [2.24, 2.45) is 5.41 Å². The third-order valence-electron chi connectivity index (χ3n) is 3.82. The maximum absolute atomic E-state index is 13.6. The molecule has 0 heterocycles. The van der Waals surface area contributed by atoms with Crippen molar-refractivity contribution >= 4 is 17.5 Å². The summed E-state index contributed by atoms with van der Waals surface area (Å²) in [5.74, 6) is -1.55. The van der Waals surface area contributed by atoms with E-state index in [2.05, 4.69) is 10.6 Å². The van der Waals surface area contributed by atoms with Gasteiger partial charge < -0.3 is 15.7 Å². The minimum atomic E-state index is -0.881. The number of hydrogen-bond donors (Lipinski definition) is 4. The number of halogens is 1. The van der Waals surface area contributed by atoms with Crippen LogP contribution in [0.2, 0.25) is 0 Å². The number of carbonyl (C=O) groups is 2. The quantitative estimate of drug-likeness (QED) is 0.583. The van der Waals surface area contributed by atoms with Gasteiger partial charge in [0, 0.05) is 12.1 Å². The van der Waals surface area contributed by atoms with E-state index in [9.17, 15) is 14.0 Å². The predicted molar refractivity (Wildman–Crippen MR) is 94.2 cm³/mol. The lowest BCUT2D eigenvalue weighted by Crippen LogP contribution is -2.55. The van der Waals surface area contributed by atoms with Gasteiger partial charge in [-0.15, -0.1) is 0 Å². The van der Waals surface area contributed by atoms with Crippen LogP contribution in [0.5, 0.6) is 0 Å². The summed E-state index contributed by atoms with van der Waals surface area (Å²) < 4.78 is 13.6. The van der Waals surface area contributed by atoms with Crippen molar-refractivity contribution in [3.63, 3.8) is 0 Å². The highest BCUT2D eigenvalue weighted by Gasteiger charge is 2.33. The highest BCUT2D eigenvalue weighted by molar-refractivity contribution is 6.44. The van der Waals surface area contributed by atoms with Crippen LogP contribution in [0, 0.1) is 30.5 Å². The summed E-state index contributed by atoms with van der Waals surface area (Å²) in [5.41, 5.74) is 0.208. The molecule has 0 saturated heterocycles. The third-order valence-corrected chi connectivity index (χ3v) is 3.82. The molecule has 2 amide bonds. The monoisotopic (exact) mass is 351 g/mol. The third kappa shape index (κ3) is 5.35. The molecule has 7 heteroatoms. The van der Waals surface area contributed by atoms with E-state index < -0.39 is 29.1 Å². The molecule has 1 atom stereocenters. The Hall–Kier alpha value is -2.28. The highest BCUT2D eigenvalue weighted by atomic mass is 19.1. The molecule has 25 heavy (non-hydrogen) atoms. The number of aliphatic hydroxyl groups excluding tert-OH is 1. The van der Waals surface area contributed by atoms with Crippen LogP contribution < -0.4 is 10.6 Å². The molecule has 1 rings (SSSR count). The zero-order valence-corrected chi connectivity index (χ0v) is 15.3. The zero-order chi connectivity index (χ0) is 19.4. The number of hydrogen-bond acceptors (Lipinski definition) is 4. The maximum atomic E-state index is 13.6. The smallest absolute Gasteiger partial charge is 0.270 e. The summed E-state index contributed by atoms with van der Waals surface area (Å²) in [6.07, 6.45) is 0. The summed E-state index contributed by atoms with van der Waals surface area (Å²) in [4.78, 5) is 24.7. The van der Waals surface area contributed by atoms with Crippen LogP contribution in [-0.4, -0.2) is 41.8 Å². The number of nitrogens with one attached hydrogen (secondary N) is 3. The first-order valence-electron chi connectivity index (χ1n) is 8.04. The average Bonchev–Trinajstić information content (AvgIpc) is 2.51. The van der Waals surface area contributed by atoms with Gasteiger partial charge in [0.2, 0.25) is 5.91 Å². The van der Waals surface area contributed by atoms with Gasteiger partial charge in [0.25, 0.3) is 5.91 Å². The Kier molecular flexibility index (Phi) is 6.81. The second kappa shape index (κ2) is 8.20. The first kappa shape index (κ1) is 20.8. The highest BCUT2D eigenvalue weighted by Crippen LogP contribution is 2.20. The van der Waals surface area contributed by atoms with Gasteiger partial charge in [-0.2, -0.15) is 0 Å².